The van der Waals surface area contributed by atoms with Crippen molar-refractivity contribution in [3.05, 3.63) is 123 Å². The molecule has 6 rings (SSSR count). The number of fused-ring (bicyclic) bond motifs is 2. The minimum Gasteiger partial charge on any atom is -0.458 e. The van der Waals surface area contributed by atoms with E-state index in [1.165, 1.54) is 0 Å². The van der Waals surface area contributed by atoms with Crippen molar-refractivity contribution in [3.63, 3.8) is 0 Å². The van der Waals surface area contributed by atoms with Gasteiger partial charge in [-0.25, -0.2) is 0 Å². The van der Waals surface area contributed by atoms with Gasteiger partial charge >= 0.3 is 0 Å². The summed E-state index contributed by atoms with van der Waals surface area (Å²) in [5.74, 6) is 0.913. The van der Waals surface area contributed by atoms with E-state index < -0.39 is 6.10 Å². The molecule has 1 aliphatic rings. The third-order valence-corrected chi connectivity index (χ3v) is 7.42. The van der Waals surface area contributed by atoms with Crippen molar-refractivity contribution in [1.29, 1.82) is 0 Å². The van der Waals surface area contributed by atoms with Gasteiger partial charge in [0.25, 0.3) is 0 Å². The SMILES string of the molecule is Cc1noc(C)c1C(O)c1cc2cc(CC(=O)C3=NC(c4ccccc4)c4c(Cl)cccc4C3)ccc2o1. The molecule has 5 aromatic rings. The number of furan rings is 1. The monoisotopic (exact) mass is 524 g/mol. The van der Waals surface area contributed by atoms with Gasteiger partial charge in [-0.2, -0.15) is 0 Å². The lowest BCUT2D eigenvalue weighted by Crippen LogP contribution is -2.25. The molecule has 0 amide bonds. The fourth-order valence-electron chi connectivity index (χ4n) is 5.20. The molecule has 6 nitrogen and oxygen atoms in total. The fraction of sp³-hybridized carbons (Fsp3) is 0.194. The van der Waals surface area contributed by atoms with Crippen molar-refractivity contribution in [2.45, 2.75) is 38.8 Å². The highest BCUT2D eigenvalue weighted by molar-refractivity contribution is 6.41. The number of rotatable bonds is 6. The number of ketones is 1. The summed E-state index contributed by atoms with van der Waals surface area (Å²) >= 11 is 6.58. The van der Waals surface area contributed by atoms with Crippen LogP contribution in [0.25, 0.3) is 11.0 Å². The van der Waals surface area contributed by atoms with Gasteiger partial charge in [0.15, 0.2) is 5.78 Å². The third-order valence-electron chi connectivity index (χ3n) is 7.09. The maximum Gasteiger partial charge on any atom is 0.181 e. The molecule has 0 saturated heterocycles. The van der Waals surface area contributed by atoms with Crippen LogP contribution in [-0.4, -0.2) is 21.8 Å². The Morgan fingerprint density at radius 3 is 2.66 bits per heavy atom. The molecule has 1 N–H and O–H groups in total. The van der Waals surface area contributed by atoms with Crippen LogP contribution in [0, 0.1) is 13.8 Å². The average molecular weight is 525 g/mol. The van der Waals surface area contributed by atoms with Crippen molar-refractivity contribution in [2.75, 3.05) is 0 Å². The van der Waals surface area contributed by atoms with Crippen molar-refractivity contribution >= 4 is 34.1 Å². The van der Waals surface area contributed by atoms with Gasteiger partial charge in [-0.15, -0.1) is 0 Å². The quantitative estimate of drug-likeness (QED) is 0.268. The molecule has 2 unspecified atom stereocenters. The van der Waals surface area contributed by atoms with E-state index in [4.69, 9.17) is 25.5 Å². The number of carbonyl (C=O) groups is 1. The van der Waals surface area contributed by atoms with Crippen LogP contribution < -0.4 is 0 Å². The topological polar surface area (TPSA) is 88.8 Å². The minimum absolute atomic E-state index is 0.0321. The number of aryl methyl sites for hydroxylation is 2. The Bertz CT molecular complexity index is 1680. The van der Waals surface area contributed by atoms with E-state index in [1.807, 2.05) is 66.7 Å². The maximum absolute atomic E-state index is 13.5. The molecular formula is C31H25ClN2O4. The van der Waals surface area contributed by atoms with Gasteiger partial charge in [-0.1, -0.05) is 65.3 Å². The second-order valence-electron chi connectivity index (χ2n) is 9.64. The number of hydrogen-bond acceptors (Lipinski definition) is 6. The Kier molecular flexibility index (Phi) is 6.22. The summed E-state index contributed by atoms with van der Waals surface area (Å²) < 4.78 is 11.1. The van der Waals surface area contributed by atoms with Gasteiger partial charge in [0.05, 0.1) is 17.0 Å². The number of benzene rings is 3. The zero-order valence-electron chi connectivity index (χ0n) is 20.9. The Morgan fingerprint density at radius 1 is 1.08 bits per heavy atom. The summed E-state index contributed by atoms with van der Waals surface area (Å²) in [5.41, 5.74) is 6.21. The van der Waals surface area contributed by atoms with Crippen molar-refractivity contribution in [3.8, 4) is 0 Å². The first-order valence-electron chi connectivity index (χ1n) is 12.4. The van der Waals surface area contributed by atoms with E-state index in [1.54, 1.807) is 19.9 Å². The molecule has 0 aliphatic carbocycles. The van der Waals surface area contributed by atoms with Crippen LogP contribution in [0.5, 0.6) is 0 Å². The smallest absolute Gasteiger partial charge is 0.181 e. The number of Topliss-reactive ketones (excluding diaryl/α,β-unsaturated/α-hetero) is 1. The number of aliphatic hydroxyl groups is 1. The first-order valence-corrected chi connectivity index (χ1v) is 12.8. The molecule has 38 heavy (non-hydrogen) atoms. The van der Waals surface area contributed by atoms with Crippen LogP contribution in [0.4, 0.5) is 0 Å². The summed E-state index contributed by atoms with van der Waals surface area (Å²) in [6, 6.07) is 22.8. The zero-order chi connectivity index (χ0) is 26.4. The number of aliphatic hydroxyl groups excluding tert-OH is 1. The summed E-state index contributed by atoms with van der Waals surface area (Å²) in [6.45, 7) is 3.54. The molecule has 2 atom stereocenters. The standard InChI is InChI=1S/C31H25ClN2O4/c1-17-28(18(2)38-34-17)31(36)27-16-22-13-19(11-12-26(22)37-27)14-25(35)24-15-21-9-6-10-23(32)29(21)30(33-24)20-7-4-3-5-8-20/h3-13,16,30-31,36H,14-15H2,1-2H3. The number of halogens is 1. The lowest BCUT2D eigenvalue weighted by atomic mass is 9.87. The van der Waals surface area contributed by atoms with Crippen LogP contribution in [0.15, 0.2) is 86.7 Å². The number of aromatic nitrogens is 1. The lowest BCUT2D eigenvalue weighted by Gasteiger charge is -2.25. The Balaban J connectivity index is 1.28. The predicted molar refractivity (Wildman–Crippen MR) is 146 cm³/mol. The molecule has 3 heterocycles. The minimum atomic E-state index is -0.989. The first-order chi connectivity index (χ1) is 18.4. The molecule has 190 valence electrons. The third kappa shape index (κ3) is 4.36. The number of carbonyl (C=O) groups excluding carboxylic acids is 1. The van der Waals surface area contributed by atoms with E-state index >= 15 is 0 Å². The van der Waals surface area contributed by atoms with E-state index in [2.05, 4.69) is 5.16 Å². The maximum atomic E-state index is 13.5. The highest BCUT2D eigenvalue weighted by Crippen LogP contribution is 2.38. The fourth-order valence-corrected chi connectivity index (χ4v) is 5.50. The van der Waals surface area contributed by atoms with Gasteiger partial charge in [0, 0.05) is 28.8 Å². The second-order valence-corrected chi connectivity index (χ2v) is 10.0. The largest absolute Gasteiger partial charge is 0.458 e. The van der Waals surface area contributed by atoms with E-state index in [0.29, 0.717) is 45.5 Å². The first kappa shape index (κ1) is 24.3. The molecule has 7 heteroatoms. The van der Waals surface area contributed by atoms with Crippen molar-refractivity contribution in [2.24, 2.45) is 4.99 Å². The predicted octanol–water partition coefficient (Wildman–Crippen LogP) is 6.67. The van der Waals surface area contributed by atoms with Crippen LogP contribution >= 0.6 is 11.6 Å². The molecule has 0 radical (unpaired) electrons. The number of aliphatic imine (C=N–C) groups is 1. The van der Waals surface area contributed by atoms with E-state index in [-0.39, 0.29) is 18.2 Å². The second kappa shape index (κ2) is 9.71. The van der Waals surface area contributed by atoms with E-state index in [9.17, 15) is 9.90 Å². The molecule has 0 bridgehead atoms. The highest BCUT2D eigenvalue weighted by atomic mass is 35.5. The molecule has 1 aliphatic heterocycles. The molecular weight excluding hydrogens is 500 g/mol. The molecule has 0 saturated carbocycles. The summed E-state index contributed by atoms with van der Waals surface area (Å²) in [7, 11) is 0. The Morgan fingerprint density at radius 2 is 1.89 bits per heavy atom. The van der Waals surface area contributed by atoms with Gasteiger partial charge in [-0.3, -0.25) is 9.79 Å². The number of hydrogen-bond donors (Lipinski definition) is 1. The molecule has 0 spiro atoms. The van der Waals surface area contributed by atoms with E-state index in [0.717, 1.165) is 27.6 Å². The lowest BCUT2D eigenvalue weighted by molar-refractivity contribution is -0.112. The van der Waals surface area contributed by atoms with Gasteiger partial charge < -0.3 is 14.0 Å². The van der Waals surface area contributed by atoms with Crippen molar-refractivity contribution in [1.82, 2.24) is 5.16 Å². The van der Waals surface area contributed by atoms with Crippen LogP contribution in [0.2, 0.25) is 5.02 Å². The Labute approximate surface area is 224 Å². The van der Waals surface area contributed by atoms with Gasteiger partial charge in [0.2, 0.25) is 0 Å². The average Bonchev–Trinajstić information content (AvgIpc) is 3.50. The molecule has 2 aromatic heterocycles. The van der Waals surface area contributed by atoms with Crippen LogP contribution in [0.1, 0.15) is 57.2 Å². The van der Waals surface area contributed by atoms with Crippen molar-refractivity contribution < 1.29 is 18.8 Å². The summed E-state index contributed by atoms with van der Waals surface area (Å²) in [6.07, 6.45) is -0.337. The molecule has 0 fully saturated rings. The summed E-state index contributed by atoms with van der Waals surface area (Å²) in [4.78, 5) is 18.4. The molecule has 3 aromatic carbocycles. The number of nitrogens with zero attached hydrogens (tertiary/aromatic N) is 2. The van der Waals surface area contributed by atoms with Crippen LogP contribution in [0.3, 0.4) is 0 Å². The normalized spacial score (nSPS) is 15.8. The van der Waals surface area contributed by atoms with Gasteiger partial charge in [0.1, 0.15) is 29.2 Å². The Hall–Kier alpha value is -4.00. The zero-order valence-corrected chi connectivity index (χ0v) is 21.7. The highest BCUT2D eigenvalue weighted by Gasteiger charge is 2.28. The van der Waals surface area contributed by atoms with Crippen LogP contribution in [-0.2, 0) is 17.6 Å². The summed E-state index contributed by atoms with van der Waals surface area (Å²) in [5, 5.41) is 16.3. The van der Waals surface area contributed by atoms with Gasteiger partial charge in [-0.05, 0) is 54.8 Å².